The van der Waals surface area contributed by atoms with Gasteiger partial charge in [-0.1, -0.05) is 30.0 Å². The van der Waals surface area contributed by atoms with E-state index < -0.39 is 0 Å². The van der Waals surface area contributed by atoms with E-state index in [1.807, 2.05) is 0 Å². The van der Waals surface area contributed by atoms with Crippen molar-refractivity contribution in [1.29, 1.82) is 0 Å². The van der Waals surface area contributed by atoms with Gasteiger partial charge in [-0.05, 0) is 18.6 Å². The molecule has 2 aromatic heterocycles. The molecule has 0 radical (unpaired) electrons. The Labute approximate surface area is 159 Å². The van der Waals surface area contributed by atoms with Gasteiger partial charge in [0.25, 0.3) is 5.91 Å². The van der Waals surface area contributed by atoms with E-state index in [2.05, 4.69) is 22.4 Å². The maximum absolute atomic E-state index is 12.4. The maximum Gasteiger partial charge on any atom is 0.289 e. The zero-order chi connectivity index (χ0) is 18.4. The lowest BCUT2D eigenvalue weighted by Crippen LogP contribution is -2.51. The Bertz CT molecular complexity index is 726. The van der Waals surface area contributed by atoms with E-state index in [9.17, 15) is 9.59 Å². The third kappa shape index (κ3) is 4.76. The van der Waals surface area contributed by atoms with E-state index in [1.54, 1.807) is 21.9 Å². The second-order valence-electron chi connectivity index (χ2n) is 5.74. The monoisotopic (exact) mass is 395 g/mol. The fourth-order valence-corrected chi connectivity index (χ4v) is 4.18. The van der Waals surface area contributed by atoms with Crippen LogP contribution in [0.5, 0.6) is 0 Å². The van der Waals surface area contributed by atoms with Gasteiger partial charge in [0.05, 0.1) is 12.0 Å². The molecule has 2 amide bonds. The van der Waals surface area contributed by atoms with Crippen molar-refractivity contribution in [3.8, 4) is 0 Å². The lowest BCUT2D eigenvalue weighted by molar-refractivity contribution is -0.129. The minimum absolute atomic E-state index is 0.0540. The molecule has 0 aromatic carbocycles. The fourth-order valence-electron chi connectivity index (χ4n) is 2.50. The summed E-state index contributed by atoms with van der Waals surface area (Å²) >= 11 is 2.86. The number of carbonyl (C=O) groups is 2. The molecule has 140 valence electrons. The van der Waals surface area contributed by atoms with Gasteiger partial charge in [0.15, 0.2) is 10.1 Å². The third-order valence-electron chi connectivity index (χ3n) is 3.90. The van der Waals surface area contributed by atoms with E-state index in [4.69, 9.17) is 4.42 Å². The summed E-state index contributed by atoms with van der Waals surface area (Å²) in [5.41, 5.74) is 0. The zero-order valence-electron chi connectivity index (χ0n) is 14.5. The number of amides is 2. The fraction of sp³-hybridized carbons (Fsp3) is 0.500. The number of hydrogen-bond donors (Lipinski definition) is 1. The number of hydrogen-bond acceptors (Lipinski definition) is 8. The van der Waals surface area contributed by atoms with Crippen LogP contribution in [0.25, 0.3) is 0 Å². The molecule has 0 saturated carbocycles. The smallest absolute Gasteiger partial charge is 0.289 e. The van der Waals surface area contributed by atoms with Crippen LogP contribution in [0, 0.1) is 0 Å². The molecule has 10 heteroatoms. The summed E-state index contributed by atoms with van der Waals surface area (Å²) in [6, 6.07) is 3.35. The maximum atomic E-state index is 12.4. The van der Waals surface area contributed by atoms with Crippen molar-refractivity contribution in [2.45, 2.75) is 17.7 Å². The van der Waals surface area contributed by atoms with Crippen molar-refractivity contribution in [1.82, 2.24) is 20.0 Å². The first-order valence-electron chi connectivity index (χ1n) is 8.48. The number of rotatable bonds is 7. The normalized spacial score (nSPS) is 14.5. The minimum atomic E-state index is -0.127. The number of nitrogens with one attached hydrogen (secondary N) is 1. The standard InChI is InChI=1S/C16H21N5O3S2/c1-2-5-17-15-18-19-16(26-15)25-11-13(22)20-6-8-21(9-7-20)14(23)12-4-3-10-24-12/h3-4,10H,2,5-9,11H2,1H3,(H,17,18). The number of aromatic nitrogens is 2. The SMILES string of the molecule is CCCNc1nnc(SCC(=O)N2CCN(C(=O)c3ccco3)CC2)s1. The highest BCUT2D eigenvalue weighted by molar-refractivity contribution is 8.01. The molecule has 1 fully saturated rings. The van der Waals surface area contributed by atoms with Gasteiger partial charge in [-0.15, -0.1) is 10.2 Å². The molecule has 1 N–H and O–H groups in total. The van der Waals surface area contributed by atoms with Crippen molar-refractivity contribution in [3.63, 3.8) is 0 Å². The largest absolute Gasteiger partial charge is 0.459 e. The van der Waals surface area contributed by atoms with Crippen molar-refractivity contribution in [2.75, 3.05) is 43.8 Å². The average Bonchev–Trinajstić information content (AvgIpc) is 3.36. The van der Waals surface area contributed by atoms with Crippen LogP contribution in [0.4, 0.5) is 5.13 Å². The Balaban J connectivity index is 1.42. The Morgan fingerprint density at radius 2 is 2.04 bits per heavy atom. The lowest BCUT2D eigenvalue weighted by atomic mass is 10.3. The summed E-state index contributed by atoms with van der Waals surface area (Å²) in [6.07, 6.45) is 2.51. The van der Waals surface area contributed by atoms with Gasteiger partial charge in [-0.3, -0.25) is 9.59 Å². The van der Waals surface area contributed by atoms with E-state index in [0.717, 1.165) is 22.4 Å². The molecule has 0 spiro atoms. The highest BCUT2D eigenvalue weighted by Crippen LogP contribution is 2.25. The molecule has 0 aliphatic carbocycles. The molecular weight excluding hydrogens is 374 g/mol. The van der Waals surface area contributed by atoms with Crippen LogP contribution in [0.1, 0.15) is 23.9 Å². The van der Waals surface area contributed by atoms with Crippen LogP contribution in [0.2, 0.25) is 0 Å². The van der Waals surface area contributed by atoms with Gasteiger partial charge < -0.3 is 19.5 Å². The summed E-state index contributed by atoms with van der Waals surface area (Å²) in [5.74, 6) is 0.592. The summed E-state index contributed by atoms with van der Waals surface area (Å²) < 4.78 is 5.93. The first kappa shape index (κ1) is 18.7. The van der Waals surface area contributed by atoms with Crippen molar-refractivity contribution in [3.05, 3.63) is 24.2 Å². The van der Waals surface area contributed by atoms with Gasteiger partial charge in [0.1, 0.15) is 0 Å². The summed E-state index contributed by atoms with van der Waals surface area (Å²) in [7, 11) is 0. The van der Waals surface area contributed by atoms with Crippen molar-refractivity contribution >= 4 is 40.0 Å². The van der Waals surface area contributed by atoms with E-state index in [-0.39, 0.29) is 11.8 Å². The molecule has 0 atom stereocenters. The molecular formula is C16H21N5O3S2. The second kappa shape index (κ2) is 9.04. The molecule has 3 rings (SSSR count). The molecule has 8 nitrogen and oxygen atoms in total. The molecule has 1 saturated heterocycles. The lowest BCUT2D eigenvalue weighted by Gasteiger charge is -2.34. The quantitative estimate of drug-likeness (QED) is 0.717. The van der Waals surface area contributed by atoms with Crippen LogP contribution in [-0.4, -0.2) is 70.3 Å². The number of piperazine rings is 1. The highest BCUT2D eigenvalue weighted by Gasteiger charge is 2.26. The first-order valence-corrected chi connectivity index (χ1v) is 10.3. The molecule has 2 aromatic rings. The topological polar surface area (TPSA) is 91.6 Å². The van der Waals surface area contributed by atoms with Gasteiger partial charge in [-0.25, -0.2) is 0 Å². The van der Waals surface area contributed by atoms with Gasteiger partial charge >= 0.3 is 0 Å². The Morgan fingerprint density at radius 3 is 2.73 bits per heavy atom. The molecule has 3 heterocycles. The Kier molecular flexibility index (Phi) is 6.51. The summed E-state index contributed by atoms with van der Waals surface area (Å²) in [6.45, 7) is 5.04. The van der Waals surface area contributed by atoms with Gasteiger partial charge in [-0.2, -0.15) is 0 Å². The van der Waals surface area contributed by atoms with Crippen LogP contribution in [0.15, 0.2) is 27.2 Å². The molecule has 1 aliphatic rings. The van der Waals surface area contributed by atoms with E-state index in [0.29, 0.717) is 37.7 Å². The van der Waals surface area contributed by atoms with Crippen LogP contribution >= 0.6 is 23.1 Å². The van der Waals surface area contributed by atoms with Crippen molar-refractivity contribution in [2.24, 2.45) is 0 Å². The van der Waals surface area contributed by atoms with E-state index in [1.165, 1.54) is 29.4 Å². The van der Waals surface area contributed by atoms with E-state index >= 15 is 0 Å². The number of anilines is 1. The third-order valence-corrected chi connectivity index (χ3v) is 5.90. The Morgan fingerprint density at radius 1 is 1.27 bits per heavy atom. The molecule has 0 unspecified atom stereocenters. The van der Waals surface area contributed by atoms with Gasteiger partial charge in [0, 0.05) is 32.7 Å². The van der Waals surface area contributed by atoms with Gasteiger partial charge in [0.2, 0.25) is 11.0 Å². The predicted octanol–water partition coefficient (Wildman–Crippen LogP) is 2.03. The number of thioether (sulfide) groups is 1. The number of carbonyl (C=O) groups excluding carboxylic acids is 2. The van der Waals surface area contributed by atoms with Crippen LogP contribution < -0.4 is 5.32 Å². The minimum Gasteiger partial charge on any atom is -0.459 e. The zero-order valence-corrected chi connectivity index (χ0v) is 16.1. The van der Waals surface area contributed by atoms with Crippen LogP contribution in [0.3, 0.4) is 0 Å². The molecule has 1 aliphatic heterocycles. The van der Waals surface area contributed by atoms with Crippen LogP contribution in [-0.2, 0) is 4.79 Å². The summed E-state index contributed by atoms with van der Waals surface area (Å²) in [5, 5.41) is 12.1. The summed E-state index contributed by atoms with van der Waals surface area (Å²) in [4.78, 5) is 28.1. The molecule has 0 bridgehead atoms. The number of nitrogens with zero attached hydrogens (tertiary/aromatic N) is 4. The Hall–Kier alpha value is -2.07. The van der Waals surface area contributed by atoms with Crippen molar-refractivity contribution < 1.29 is 14.0 Å². The average molecular weight is 396 g/mol. The highest BCUT2D eigenvalue weighted by atomic mass is 32.2. The second-order valence-corrected chi connectivity index (χ2v) is 7.94. The number of furan rings is 1. The molecule has 26 heavy (non-hydrogen) atoms. The first-order chi connectivity index (χ1) is 12.7. The predicted molar refractivity (Wildman–Crippen MR) is 101 cm³/mol.